The minimum atomic E-state index is -1.45. The van der Waals surface area contributed by atoms with Gasteiger partial charge in [0.2, 0.25) is 0 Å². The first-order chi connectivity index (χ1) is 6.59. The molecule has 0 spiro atoms. The smallest absolute Gasteiger partial charge is 0.423 e. The van der Waals surface area contributed by atoms with E-state index in [1.165, 1.54) is 11.3 Å². The molecule has 72 valence electrons. The van der Waals surface area contributed by atoms with Gasteiger partial charge < -0.3 is 15.8 Å². The second-order valence-corrected chi connectivity index (χ2v) is 4.48. The zero-order valence-electron chi connectivity index (χ0n) is 7.14. The minimum Gasteiger partial charge on any atom is -0.423 e. The Labute approximate surface area is 90.7 Å². The van der Waals surface area contributed by atoms with Gasteiger partial charge in [0.05, 0.1) is 0 Å². The van der Waals surface area contributed by atoms with Gasteiger partial charge in [0, 0.05) is 15.0 Å². The van der Waals surface area contributed by atoms with Crippen molar-refractivity contribution in [2.24, 2.45) is 0 Å². The molecule has 0 aliphatic carbocycles. The molecule has 0 saturated carbocycles. The third-order valence-corrected chi connectivity index (χ3v) is 3.64. The summed E-state index contributed by atoms with van der Waals surface area (Å²) in [5.74, 6) is 0. The molecule has 14 heavy (non-hydrogen) atoms. The molecule has 0 amide bonds. The van der Waals surface area contributed by atoms with Crippen molar-refractivity contribution in [1.82, 2.24) is 0 Å². The van der Waals surface area contributed by atoms with Gasteiger partial charge in [-0.25, -0.2) is 0 Å². The van der Waals surface area contributed by atoms with Crippen molar-refractivity contribution in [3.05, 3.63) is 18.2 Å². The van der Waals surface area contributed by atoms with Crippen LogP contribution in [-0.2, 0) is 0 Å². The molecule has 1 aromatic heterocycles. The SMILES string of the molecule is Nc1sc2ccc(B(O)O)cc2c1S. The summed E-state index contributed by atoms with van der Waals surface area (Å²) >= 11 is 5.69. The molecule has 6 heteroatoms. The van der Waals surface area contributed by atoms with E-state index in [-0.39, 0.29) is 0 Å². The highest BCUT2D eigenvalue weighted by atomic mass is 32.1. The second-order valence-electron chi connectivity index (χ2n) is 2.94. The number of hydrogen-bond donors (Lipinski definition) is 4. The molecule has 0 radical (unpaired) electrons. The van der Waals surface area contributed by atoms with Crippen LogP contribution in [0.1, 0.15) is 0 Å². The summed E-state index contributed by atoms with van der Waals surface area (Å²) in [5, 5.41) is 19.5. The molecular weight excluding hydrogens is 217 g/mol. The predicted octanol–water partition coefficient (Wildman–Crippen LogP) is 0.452. The Kier molecular flexibility index (Phi) is 2.44. The monoisotopic (exact) mass is 225 g/mol. The second kappa shape index (κ2) is 3.47. The lowest BCUT2D eigenvalue weighted by atomic mass is 9.80. The summed E-state index contributed by atoms with van der Waals surface area (Å²) in [5.41, 5.74) is 6.15. The molecule has 3 nitrogen and oxygen atoms in total. The number of anilines is 1. The molecule has 1 aromatic carbocycles. The minimum absolute atomic E-state index is 0.450. The quantitative estimate of drug-likeness (QED) is 0.421. The van der Waals surface area contributed by atoms with Gasteiger partial charge in [-0.05, 0) is 11.5 Å². The Morgan fingerprint density at radius 1 is 1.36 bits per heavy atom. The summed E-state index contributed by atoms with van der Waals surface area (Å²) in [4.78, 5) is 0.701. The summed E-state index contributed by atoms with van der Waals surface area (Å²) in [6.07, 6.45) is 0. The normalized spacial score (nSPS) is 10.8. The Morgan fingerprint density at radius 2 is 2.07 bits per heavy atom. The van der Waals surface area contributed by atoms with Crippen molar-refractivity contribution in [3.8, 4) is 0 Å². The lowest BCUT2D eigenvalue weighted by Crippen LogP contribution is -2.29. The van der Waals surface area contributed by atoms with E-state index in [1.807, 2.05) is 6.07 Å². The maximum atomic E-state index is 8.98. The van der Waals surface area contributed by atoms with Gasteiger partial charge in [0.1, 0.15) is 5.00 Å². The Hall–Kier alpha value is -0.685. The lowest BCUT2D eigenvalue weighted by Gasteiger charge is -1.98. The molecule has 0 bridgehead atoms. The van der Waals surface area contributed by atoms with Crippen molar-refractivity contribution >= 4 is 51.6 Å². The Bertz CT molecular complexity index is 483. The Balaban J connectivity index is 2.69. The molecular formula is C8H8BNO2S2. The van der Waals surface area contributed by atoms with Crippen LogP contribution in [0.3, 0.4) is 0 Å². The third kappa shape index (κ3) is 1.50. The number of nitrogen functional groups attached to an aromatic ring is 1. The van der Waals surface area contributed by atoms with E-state index in [0.29, 0.717) is 15.4 Å². The number of thiol groups is 1. The van der Waals surface area contributed by atoms with E-state index >= 15 is 0 Å². The number of rotatable bonds is 1. The highest BCUT2D eigenvalue weighted by Crippen LogP contribution is 2.35. The van der Waals surface area contributed by atoms with Crippen LogP contribution in [0.15, 0.2) is 23.1 Å². The van der Waals surface area contributed by atoms with Crippen molar-refractivity contribution < 1.29 is 10.0 Å². The van der Waals surface area contributed by atoms with Crippen molar-refractivity contribution in [2.45, 2.75) is 4.90 Å². The summed E-state index contributed by atoms with van der Waals surface area (Å²) in [6.45, 7) is 0. The average molecular weight is 225 g/mol. The van der Waals surface area contributed by atoms with E-state index in [2.05, 4.69) is 12.6 Å². The molecule has 2 rings (SSSR count). The van der Waals surface area contributed by atoms with E-state index < -0.39 is 7.12 Å². The zero-order chi connectivity index (χ0) is 10.3. The average Bonchev–Trinajstić information content (AvgIpc) is 2.43. The van der Waals surface area contributed by atoms with Crippen molar-refractivity contribution in [2.75, 3.05) is 5.73 Å². The van der Waals surface area contributed by atoms with Crippen molar-refractivity contribution in [3.63, 3.8) is 0 Å². The number of nitrogens with two attached hydrogens (primary N) is 1. The molecule has 0 unspecified atom stereocenters. The standard InChI is InChI=1S/C8H8BNO2S2/c10-8-7(13)5-3-4(9(11)12)1-2-6(5)14-8/h1-3,11-13H,10H2. The van der Waals surface area contributed by atoms with Crippen LogP contribution in [0.4, 0.5) is 5.00 Å². The predicted molar refractivity (Wildman–Crippen MR) is 63.3 cm³/mol. The molecule has 0 saturated heterocycles. The zero-order valence-corrected chi connectivity index (χ0v) is 8.85. The highest BCUT2D eigenvalue weighted by molar-refractivity contribution is 7.81. The first kappa shape index (κ1) is 9.85. The topological polar surface area (TPSA) is 66.5 Å². The largest absolute Gasteiger partial charge is 0.488 e. The first-order valence-electron chi connectivity index (χ1n) is 3.96. The van der Waals surface area contributed by atoms with Gasteiger partial charge in [0.25, 0.3) is 0 Å². The third-order valence-electron chi connectivity index (χ3n) is 2.01. The van der Waals surface area contributed by atoms with E-state index in [0.717, 1.165) is 10.1 Å². The van der Waals surface area contributed by atoms with Gasteiger partial charge in [-0.2, -0.15) is 0 Å². The van der Waals surface area contributed by atoms with Crippen LogP contribution in [0.2, 0.25) is 0 Å². The van der Waals surface area contributed by atoms with Crippen LogP contribution < -0.4 is 11.2 Å². The summed E-state index contributed by atoms with van der Waals surface area (Å²) < 4.78 is 0.997. The molecule has 0 aliphatic rings. The molecule has 0 atom stereocenters. The summed E-state index contributed by atoms with van der Waals surface area (Å²) in [6, 6.07) is 5.16. The molecule has 0 aliphatic heterocycles. The van der Waals surface area contributed by atoms with Crippen LogP contribution in [0, 0.1) is 0 Å². The van der Waals surface area contributed by atoms with Crippen LogP contribution in [0.25, 0.3) is 10.1 Å². The molecule has 4 N–H and O–H groups in total. The fourth-order valence-electron chi connectivity index (χ4n) is 1.28. The van der Waals surface area contributed by atoms with Crippen LogP contribution in [-0.4, -0.2) is 17.2 Å². The summed E-state index contributed by atoms with van der Waals surface area (Å²) in [7, 11) is -1.45. The van der Waals surface area contributed by atoms with Gasteiger partial charge in [-0.15, -0.1) is 24.0 Å². The number of benzene rings is 1. The fourth-order valence-corrected chi connectivity index (χ4v) is 2.53. The van der Waals surface area contributed by atoms with Crippen LogP contribution >= 0.6 is 24.0 Å². The van der Waals surface area contributed by atoms with Gasteiger partial charge in [0.15, 0.2) is 0 Å². The van der Waals surface area contributed by atoms with E-state index in [9.17, 15) is 0 Å². The van der Waals surface area contributed by atoms with Gasteiger partial charge >= 0.3 is 7.12 Å². The first-order valence-corrected chi connectivity index (χ1v) is 5.23. The maximum Gasteiger partial charge on any atom is 0.488 e. The molecule has 0 fully saturated rings. The molecule has 1 heterocycles. The number of thiophene rings is 1. The highest BCUT2D eigenvalue weighted by Gasteiger charge is 2.13. The van der Waals surface area contributed by atoms with E-state index in [1.54, 1.807) is 12.1 Å². The van der Waals surface area contributed by atoms with Crippen molar-refractivity contribution in [1.29, 1.82) is 0 Å². The van der Waals surface area contributed by atoms with Crippen LogP contribution in [0.5, 0.6) is 0 Å². The number of fused-ring (bicyclic) bond motifs is 1. The molecule has 2 aromatic rings. The maximum absolute atomic E-state index is 8.98. The lowest BCUT2D eigenvalue weighted by molar-refractivity contribution is 0.426. The van der Waals surface area contributed by atoms with E-state index in [4.69, 9.17) is 15.8 Å². The number of hydrogen-bond acceptors (Lipinski definition) is 5. The van der Waals surface area contributed by atoms with Gasteiger partial charge in [-0.1, -0.05) is 12.1 Å². The fraction of sp³-hybridized carbons (Fsp3) is 0. The Morgan fingerprint density at radius 3 is 2.71 bits per heavy atom. The van der Waals surface area contributed by atoms with Gasteiger partial charge in [-0.3, -0.25) is 0 Å².